The lowest BCUT2D eigenvalue weighted by atomic mass is 9.67. The molecule has 2 aliphatic heterocycles. The van der Waals surface area contributed by atoms with Gasteiger partial charge >= 0.3 is 0 Å². The number of rotatable bonds is 3. The summed E-state index contributed by atoms with van der Waals surface area (Å²) in [4.78, 5) is 15.1. The van der Waals surface area contributed by atoms with Crippen LogP contribution in [-0.4, -0.2) is 15.7 Å². The van der Waals surface area contributed by atoms with Crippen molar-refractivity contribution in [1.82, 2.24) is 9.78 Å². The van der Waals surface area contributed by atoms with E-state index in [0.717, 1.165) is 21.7 Å². The van der Waals surface area contributed by atoms with E-state index in [2.05, 4.69) is 16.7 Å². The van der Waals surface area contributed by atoms with Gasteiger partial charge in [-0.25, -0.2) is 4.68 Å². The van der Waals surface area contributed by atoms with E-state index in [9.17, 15) is 10.1 Å². The zero-order valence-corrected chi connectivity index (χ0v) is 20.3. The summed E-state index contributed by atoms with van der Waals surface area (Å²) in [6.45, 7) is 0. The number of aromatic nitrogens is 2. The second kappa shape index (κ2) is 8.05. The third-order valence-electron chi connectivity index (χ3n) is 6.98. The predicted octanol–water partition coefficient (Wildman–Crippen LogP) is 6.20. The molecule has 5 aromatic rings. The fourth-order valence-electron chi connectivity index (χ4n) is 5.44. The maximum absolute atomic E-state index is 14.2. The summed E-state index contributed by atoms with van der Waals surface area (Å²) in [7, 11) is 0. The van der Waals surface area contributed by atoms with Crippen LogP contribution in [0.25, 0.3) is 22.6 Å². The molecular formula is C30H19N5OS. The average Bonchev–Trinajstić information content (AvgIpc) is 3.67. The monoisotopic (exact) mass is 497 g/mol. The largest absolute Gasteiger partial charge is 0.338 e. The Balaban J connectivity index is 1.66. The van der Waals surface area contributed by atoms with E-state index in [1.54, 1.807) is 0 Å². The second-order valence-corrected chi connectivity index (χ2v) is 9.85. The summed E-state index contributed by atoms with van der Waals surface area (Å²) in [5, 5.41) is 24.4. The molecule has 2 aromatic heterocycles. The highest BCUT2D eigenvalue weighted by Gasteiger charge is 2.58. The van der Waals surface area contributed by atoms with E-state index in [1.807, 2.05) is 107 Å². The van der Waals surface area contributed by atoms with Crippen LogP contribution in [0.5, 0.6) is 0 Å². The molecule has 0 bridgehead atoms. The molecule has 2 N–H and O–H groups in total. The number of benzene rings is 3. The maximum Gasteiger partial charge on any atom is 0.245 e. The third-order valence-corrected chi connectivity index (χ3v) is 7.86. The van der Waals surface area contributed by atoms with Crippen LogP contribution in [-0.2, 0) is 10.2 Å². The van der Waals surface area contributed by atoms with Crippen LogP contribution >= 0.6 is 11.3 Å². The number of thiophene rings is 1. The summed E-state index contributed by atoms with van der Waals surface area (Å²) >= 11 is 1.52. The predicted molar refractivity (Wildman–Crippen MR) is 145 cm³/mol. The number of anilines is 2. The van der Waals surface area contributed by atoms with Crippen molar-refractivity contribution < 1.29 is 4.79 Å². The van der Waals surface area contributed by atoms with Gasteiger partial charge in [0.25, 0.3) is 0 Å². The Morgan fingerprint density at radius 3 is 2.32 bits per heavy atom. The van der Waals surface area contributed by atoms with Crippen LogP contribution < -0.4 is 10.6 Å². The molecule has 0 saturated heterocycles. The average molecular weight is 498 g/mol. The lowest BCUT2D eigenvalue weighted by molar-refractivity contribution is -0.118. The first-order valence-corrected chi connectivity index (χ1v) is 12.7. The molecule has 7 rings (SSSR count). The number of carbonyl (C=O) groups excluding carboxylic acids is 1. The van der Waals surface area contributed by atoms with Crippen LogP contribution in [0.4, 0.5) is 11.5 Å². The zero-order chi connectivity index (χ0) is 25.0. The fraction of sp³-hybridized carbons (Fsp3) is 0.0333. The van der Waals surface area contributed by atoms with Crippen molar-refractivity contribution in [1.29, 1.82) is 5.26 Å². The van der Waals surface area contributed by atoms with Gasteiger partial charge in [0.05, 0.1) is 33.6 Å². The van der Waals surface area contributed by atoms with Crippen LogP contribution in [0.3, 0.4) is 0 Å². The van der Waals surface area contributed by atoms with Crippen LogP contribution in [0, 0.1) is 11.3 Å². The normalized spacial score (nSPS) is 17.6. The van der Waals surface area contributed by atoms with Crippen LogP contribution in [0.1, 0.15) is 16.0 Å². The minimum Gasteiger partial charge on any atom is -0.338 e. The Kier molecular flexibility index (Phi) is 4.65. The molecule has 1 spiro atoms. The van der Waals surface area contributed by atoms with E-state index in [1.165, 1.54) is 11.3 Å². The van der Waals surface area contributed by atoms with Gasteiger partial charge in [0.2, 0.25) is 5.91 Å². The first-order chi connectivity index (χ1) is 18.2. The topological polar surface area (TPSA) is 82.7 Å². The molecule has 1 atom stereocenters. The maximum atomic E-state index is 14.2. The number of nitrogens with zero attached hydrogens (tertiary/aromatic N) is 3. The lowest BCUT2D eigenvalue weighted by Gasteiger charge is -2.34. The number of nitrogens with one attached hydrogen (secondary N) is 2. The van der Waals surface area contributed by atoms with E-state index < -0.39 is 5.41 Å². The lowest BCUT2D eigenvalue weighted by Crippen LogP contribution is -2.41. The van der Waals surface area contributed by atoms with Crippen molar-refractivity contribution in [2.24, 2.45) is 0 Å². The first kappa shape index (κ1) is 21.4. The van der Waals surface area contributed by atoms with Crippen molar-refractivity contribution in [2.45, 2.75) is 5.41 Å². The molecule has 1 unspecified atom stereocenters. The Hall–Kier alpha value is -4.93. The highest BCUT2D eigenvalue weighted by Crippen LogP contribution is 2.57. The second-order valence-electron chi connectivity index (χ2n) is 8.90. The molecule has 2 aliphatic rings. The molecule has 4 heterocycles. The number of amides is 1. The summed E-state index contributed by atoms with van der Waals surface area (Å²) in [6.07, 6.45) is 0. The number of hydrogen-bond acceptors (Lipinski definition) is 5. The molecule has 37 heavy (non-hydrogen) atoms. The third kappa shape index (κ3) is 2.90. The van der Waals surface area contributed by atoms with Crippen molar-refractivity contribution in [3.05, 3.63) is 124 Å². The Morgan fingerprint density at radius 1 is 0.865 bits per heavy atom. The Morgan fingerprint density at radius 2 is 1.59 bits per heavy atom. The molecule has 0 fully saturated rings. The van der Waals surface area contributed by atoms with Crippen LogP contribution in [0.2, 0.25) is 0 Å². The van der Waals surface area contributed by atoms with E-state index in [-0.39, 0.29) is 5.91 Å². The standard InChI is InChI=1S/C30H19N5OS/c31-18-22-27(24-16-9-17-37-24)33-28-25(30(22)21-14-7-8-15-23(21)32-29(30)36)26(19-10-3-1-4-11-19)34-35(28)20-12-5-2-6-13-20/h1-17,33H,(H,32,36). The molecule has 3 aromatic carbocycles. The quantitative estimate of drug-likeness (QED) is 0.311. The minimum absolute atomic E-state index is 0.258. The minimum atomic E-state index is -1.37. The zero-order valence-electron chi connectivity index (χ0n) is 19.5. The molecule has 0 aliphatic carbocycles. The molecule has 0 radical (unpaired) electrons. The molecular weight excluding hydrogens is 478 g/mol. The summed E-state index contributed by atoms with van der Waals surface area (Å²) in [6, 6.07) is 33.6. The molecule has 176 valence electrons. The highest BCUT2D eigenvalue weighted by atomic mass is 32.1. The van der Waals surface area contributed by atoms with E-state index >= 15 is 0 Å². The summed E-state index contributed by atoms with van der Waals surface area (Å²) in [5.74, 6) is 0.408. The van der Waals surface area contributed by atoms with Gasteiger partial charge in [-0.1, -0.05) is 72.8 Å². The number of fused-ring (bicyclic) bond motifs is 4. The molecule has 0 saturated carbocycles. The Labute approximate surface area is 217 Å². The van der Waals surface area contributed by atoms with Gasteiger partial charge in [-0.3, -0.25) is 4.79 Å². The van der Waals surface area contributed by atoms with Gasteiger partial charge in [0, 0.05) is 22.4 Å². The Bertz CT molecular complexity index is 1750. The SMILES string of the molecule is N#CC1=C(c2cccs2)Nc2c(c(-c3ccccc3)nn2-c2ccccc2)C12C(=O)Nc1ccccc12. The molecule has 6 nitrogen and oxygen atoms in total. The van der Waals surface area contributed by atoms with Gasteiger partial charge in [-0.15, -0.1) is 11.3 Å². The number of carbonyl (C=O) groups is 1. The van der Waals surface area contributed by atoms with Gasteiger partial charge in [0.15, 0.2) is 0 Å². The molecule has 7 heteroatoms. The smallest absolute Gasteiger partial charge is 0.245 e. The first-order valence-electron chi connectivity index (χ1n) is 11.8. The van der Waals surface area contributed by atoms with Crippen molar-refractivity contribution >= 4 is 34.4 Å². The van der Waals surface area contributed by atoms with Crippen molar-refractivity contribution in [2.75, 3.05) is 10.6 Å². The van der Waals surface area contributed by atoms with E-state index in [4.69, 9.17) is 5.10 Å². The summed E-state index contributed by atoms with van der Waals surface area (Å²) < 4.78 is 1.84. The summed E-state index contributed by atoms with van der Waals surface area (Å²) in [5.41, 5.74) is 4.08. The number of nitriles is 1. The van der Waals surface area contributed by atoms with Crippen molar-refractivity contribution in [3.8, 4) is 23.0 Å². The van der Waals surface area contributed by atoms with E-state index in [0.29, 0.717) is 34.0 Å². The number of para-hydroxylation sites is 2. The van der Waals surface area contributed by atoms with Gasteiger partial charge < -0.3 is 10.6 Å². The number of hydrogen-bond donors (Lipinski definition) is 2. The fourth-order valence-corrected chi connectivity index (χ4v) is 6.17. The highest BCUT2D eigenvalue weighted by molar-refractivity contribution is 7.11. The van der Waals surface area contributed by atoms with Crippen molar-refractivity contribution in [3.63, 3.8) is 0 Å². The van der Waals surface area contributed by atoms with Gasteiger partial charge in [0.1, 0.15) is 11.2 Å². The van der Waals surface area contributed by atoms with Gasteiger partial charge in [-0.2, -0.15) is 10.4 Å². The van der Waals surface area contributed by atoms with Crippen LogP contribution in [0.15, 0.2) is 108 Å². The molecule has 1 amide bonds. The van der Waals surface area contributed by atoms with Gasteiger partial charge in [-0.05, 0) is 29.6 Å².